The molecule has 2 aromatic rings. The number of nitro benzene ring substituents is 1. The van der Waals surface area contributed by atoms with E-state index < -0.39 is 10.8 Å². The number of benzene rings is 2. The molecular weight excluding hydrogens is 345 g/mol. The second-order valence-corrected chi connectivity index (χ2v) is 5.17. The second-order valence-electron chi connectivity index (χ2n) is 4.32. The fourth-order valence-electron chi connectivity index (χ4n) is 1.65. The number of non-ortho nitro benzene ring substituents is 1. The van der Waals surface area contributed by atoms with E-state index in [-0.39, 0.29) is 27.6 Å². The van der Waals surface area contributed by atoms with Gasteiger partial charge in [-0.25, -0.2) is 5.43 Å². The normalized spacial score (nSPS) is 10.7. The Morgan fingerprint density at radius 2 is 2.00 bits per heavy atom. The van der Waals surface area contributed by atoms with Crippen molar-refractivity contribution in [1.82, 2.24) is 5.43 Å². The Morgan fingerprint density at radius 1 is 1.26 bits per heavy atom. The van der Waals surface area contributed by atoms with Crippen molar-refractivity contribution in [2.24, 2.45) is 5.10 Å². The van der Waals surface area contributed by atoms with Gasteiger partial charge in [0.15, 0.2) is 0 Å². The third-order valence-electron chi connectivity index (χ3n) is 2.77. The van der Waals surface area contributed by atoms with E-state index >= 15 is 0 Å². The molecule has 0 aliphatic rings. The minimum Gasteiger partial charge on any atom is -0.507 e. The van der Waals surface area contributed by atoms with Crippen LogP contribution in [0.3, 0.4) is 0 Å². The van der Waals surface area contributed by atoms with Crippen LogP contribution >= 0.6 is 23.2 Å². The van der Waals surface area contributed by atoms with E-state index in [1.54, 1.807) is 0 Å². The van der Waals surface area contributed by atoms with Gasteiger partial charge in [0.25, 0.3) is 11.6 Å². The molecule has 0 saturated carbocycles. The number of hydrogen-bond acceptors (Lipinski definition) is 5. The first-order chi connectivity index (χ1) is 10.9. The number of carbonyl (C=O) groups excluding carboxylic acids is 1. The molecule has 7 nitrogen and oxygen atoms in total. The fraction of sp³-hybridized carbons (Fsp3) is 0. The van der Waals surface area contributed by atoms with Crippen molar-refractivity contribution in [1.29, 1.82) is 0 Å². The molecule has 2 N–H and O–H groups in total. The Bertz CT molecular complexity index is 809. The van der Waals surface area contributed by atoms with Gasteiger partial charge in [-0.15, -0.1) is 0 Å². The maximum Gasteiger partial charge on any atom is 0.272 e. The molecule has 0 unspecified atom stereocenters. The van der Waals surface area contributed by atoms with Gasteiger partial charge in [-0.1, -0.05) is 23.2 Å². The van der Waals surface area contributed by atoms with Gasteiger partial charge < -0.3 is 5.11 Å². The van der Waals surface area contributed by atoms with Crippen molar-refractivity contribution < 1.29 is 14.8 Å². The minimum absolute atomic E-state index is 0.0849. The van der Waals surface area contributed by atoms with Crippen molar-refractivity contribution >= 4 is 41.0 Å². The average molecular weight is 354 g/mol. The van der Waals surface area contributed by atoms with Gasteiger partial charge in [-0.3, -0.25) is 14.9 Å². The van der Waals surface area contributed by atoms with E-state index in [1.165, 1.54) is 18.2 Å². The first-order valence-electron chi connectivity index (χ1n) is 6.14. The third-order valence-corrected chi connectivity index (χ3v) is 3.32. The van der Waals surface area contributed by atoms with Crippen molar-refractivity contribution in [3.05, 3.63) is 67.7 Å². The number of nitrogens with one attached hydrogen (secondary N) is 1. The summed E-state index contributed by atoms with van der Waals surface area (Å²) < 4.78 is 0. The molecular formula is C14H9Cl2N3O4. The van der Waals surface area contributed by atoms with Crippen LogP contribution < -0.4 is 5.43 Å². The Balaban J connectivity index is 2.14. The van der Waals surface area contributed by atoms with Crippen LogP contribution in [0.15, 0.2) is 41.5 Å². The molecule has 0 aliphatic heterocycles. The molecule has 2 rings (SSSR count). The highest BCUT2D eigenvalue weighted by Gasteiger charge is 2.11. The zero-order valence-corrected chi connectivity index (χ0v) is 12.9. The van der Waals surface area contributed by atoms with Gasteiger partial charge >= 0.3 is 0 Å². The number of nitro groups is 1. The van der Waals surface area contributed by atoms with E-state index in [9.17, 15) is 20.0 Å². The molecule has 0 radical (unpaired) electrons. The summed E-state index contributed by atoms with van der Waals surface area (Å²) in [6.07, 6.45) is 1.09. The minimum atomic E-state index is -0.608. The molecule has 0 fully saturated rings. The maximum atomic E-state index is 11.9. The Hall–Kier alpha value is -2.64. The van der Waals surface area contributed by atoms with E-state index in [4.69, 9.17) is 23.2 Å². The third kappa shape index (κ3) is 4.18. The summed E-state index contributed by atoms with van der Waals surface area (Å²) in [7, 11) is 0. The highest BCUT2D eigenvalue weighted by molar-refractivity contribution is 6.36. The van der Waals surface area contributed by atoms with E-state index in [1.807, 2.05) is 0 Å². The first kappa shape index (κ1) is 16.7. The highest BCUT2D eigenvalue weighted by atomic mass is 35.5. The number of hydrogen-bond donors (Lipinski definition) is 2. The second kappa shape index (κ2) is 7.08. The van der Waals surface area contributed by atoms with Crippen molar-refractivity contribution in [3.63, 3.8) is 0 Å². The number of amides is 1. The zero-order valence-electron chi connectivity index (χ0n) is 11.4. The number of nitrogens with zero attached hydrogens (tertiary/aromatic N) is 2. The number of aromatic hydroxyl groups is 1. The molecule has 0 bridgehead atoms. The van der Waals surface area contributed by atoms with E-state index in [0.29, 0.717) is 5.02 Å². The summed E-state index contributed by atoms with van der Waals surface area (Å²) in [6.45, 7) is 0. The monoisotopic (exact) mass is 353 g/mol. The van der Waals surface area contributed by atoms with Gasteiger partial charge in [0.2, 0.25) is 0 Å². The molecule has 1 amide bonds. The summed E-state index contributed by atoms with van der Waals surface area (Å²) in [4.78, 5) is 22.0. The lowest BCUT2D eigenvalue weighted by Crippen LogP contribution is -2.18. The lowest BCUT2D eigenvalue weighted by Gasteiger charge is -2.03. The van der Waals surface area contributed by atoms with Gasteiger partial charge in [0.05, 0.1) is 21.7 Å². The van der Waals surface area contributed by atoms with Crippen LogP contribution in [0.5, 0.6) is 5.75 Å². The maximum absolute atomic E-state index is 11.9. The topological polar surface area (TPSA) is 105 Å². The number of halogens is 2. The zero-order chi connectivity index (χ0) is 17.0. The highest BCUT2D eigenvalue weighted by Crippen LogP contribution is 2.22. The predicted molar refractivity (Wildman–Crippen MR) is 86.3 cm³/mol. The first-order valence-corrected chi connectivity index (χ1v) is 6.90. The SMILES string of the molecule is O=C(N/N=C\c1cc([N+](=O)[O-])ccc1O)c1ccc(Cl)cc1Cl. The van der Waals surface area contributed by atoms with Gasteiger partial charge in [0, 0.05) is 22.7 Å². The number of carbonyl (C=O) groups is 1. The lowest BCUT2D eigenvalue weighted by atomic mass is 10.2. The van der Waals surface area contributed by atoms with Gasteiger partial charge in [0.1, 0.15) is 5.75 Å². The van der Waals surface area contributed by atoms with E-state index in [0.717, 1.165) is 24.4 Å². The number of phenolic OH excluding ortho intramolecular Hbond substituents is 1. The molecule has 118 valence electrons. The fourth-order valence-corrected chi connectivity index (χ4v) is 2.15. The molecule has 0 saturated heterocycles. The number of hydrazone groups is 1. The molecule has 0 atom stereocenters. The summed E-state index contributed by atoms with van der Waals surface area (Å²) in [5.74, 6) is -0.800. The summed E-state index contributed by atoms with van der Waals surface area (Å²) >= 11 is 11.6. The molecule has 9 heteroatoms. The van der Waals surface area contributed by atoms with Crippen LogP contribution in [0.1, 0.15) is 15.9 Å². The summed E-state index contributed by atoms with van der Waals surface area (Å²) in [6, 6.07) is 7.78. The van der Waals surface area contributed by atoms with Crippen LogP contribution in [0.4, 0.5) is 5.69 Å². The lowest BCUT2D eigenvalue weighted by molar-refractivity contribution is -0.384. The standard InChI is InChI=1S/C14H9Cl2N3O4/c15-9-1-3-11(12(16)6-9)14(21)18-17-7-8-5-10(19(22)23)2-4-13(8)20/h1-7,20H,(H,18,21)/b17-7-. The number of rotatable bonds is 4. The average Bonchev–Trinajstić information content (AvgIpc) is 2.48. The Morgan fingerprint density at radius 3 is 2.65 bits per heavy atom. The molecule has 2 aromatic carbocycles. The van der Waals surface area contributed by atoms with Crippen molar-refractivity contribution in [2.45, 2.75) is 0 Å². The predicted octanol–water partition coefficient (Wildman–Crippen LogP) is 3.37. The van der Waals surface area contributed by atoms with Gasteiger partial charge in [-0.2, -0.15) is 5.10 Å². The largest absolute Gasteiger partial charge is 0.507 e. The molecule has 23 heavy (non-hydrogen) atoms. The van der Waals surface area contributed by atoms with Crippen LogP contribution in [0, 0.1) is 10.1 Å². The van der Waals surface area contributed by atoms with Crippen molar-refractivity contribution in [3.8, 4) is 5.75 Å². The molecule has 0 aromatic heterocycles. The van der Waals surface area contributed by atoms with Crippen LogP contribution in [-0.2, 0) is 0 Å². The van der Waals surface area contributed by atoms with E-state index in [2.05, 4.69) is 10.5 Å². The van der Waals surface area contributed by atoms with Crippen LogP contribution in [-0.4, -0.2) is 22.2 Å². The molecule has 0 heterocycles. The van der Waals surface area contributed by atoms with Crippen molar-refractivity contribution in [2.75, 3.05) is 0 Å². The summed E-state index contributed by atoms with van der Waals surface area (Å²) in [5.41, 5.74) is 2.24. The number of phenols is 1. The quantitative estimate of drug-likeness (QED) is 0.499. The smallest absolute Gasteiger partial charge is 0.272 e. The van der Waals surface area contributed by atoms with Crippen LogP contribution in [0.25, 0.3) is 0 Å². The van der Waals surface area contributed by atoms with Gasteiger partial charge in [-0.05, 0) is 24.3 Å². The molecule has 0 spiro atoms. The molecule has 0 aliphatic carbocycles. The Kier molecular flexibility index (Phi) is 5.15. The Labute approximate surface area is 140 Å². The van der Waals surface area contributed by atoms with Crippen LogP contribution in [0.2, 0.25) is 10.0 Å². The summed E-state index contributed by atoms with van der Waals surface area (Å²) in [5, 5.41) is 24.5.